The fraction of sp³-hybridized carbons (Fsp3) is 0.389. The number of hydrogen-bond donors (Lipinski definition) is 2. The molecule has 0 amide bonds. The van der Waals surface area contributed by atoms with E-state index in [9.17, 15) is 4.39 Å². The number of hydrogen-bond acceptors (Lipinski definition) is 3. The lowest BCUT2D eigenvalue weighted by atomic mass is 10.3. The van der Waals surface area contributed by atoms with E-state index in [1.807, 2.05) is 12.1 Å². The largest absolute Gasteiger partial charge is 0.494 e. The number of aliphatic imine (C=N–C) groups is 1. The van der Waals surface area contributed by atoms with E-state index in [4.69, 9.17) is 9.15 Å². The maximum absolute atomic E-state index is 12.8. The molecule has 0 aliphatic rings. The van der Waals surface area contributed by atoms with Gasteiger partial charge in [0.2, 0.25) is 0 Å². The van der Waals surface area contributed by atoms with Gasteiger partial charge in [-0.05, 0) is 49.2 Å². The Labute approximate surface area is 165 Å². The first-order chi connectivity index (χ1) is 11.8. The molecular formula is C18H25FIN3O2. The highest BCUT2D eigenvalue weighted by Gasteiger charge is 1.99. The number of guanidine groups is 1. The van der Waals surface area contributed by atoms with Crippen LogP contribution >= 0.6 is 24.0 Å². The Morgan fingerprint density at radius 3 is 2.56 bits per heavy atom. The summed E-state index contributed by atoms with van der Waals surface area (Å²) in [7, 11) is 1.75. The van der Waals surface area contributed by atoms with Crippen LogP contribution in [0.3, 0.4) is 0 Å². The van der Waals surface area contributed by atoms with E-state index >= 15 is 0 Å². The van der Waals surface area contributed by atoms with Crippen LogP contribution in [-0.4, -0.2) is 32.7 Å². The van der Waals surface area contributed by atoms with Gasteiger partial charge in [0.15, 0.2) is 5.96 Å². The summed E-state index contributed by atoms with van der Waals surface area (Å²) in [6, 6.07) is 9.91. The van der Waals surface area contributed by atoms with Crippen molar-refractivity contribution >= 4 is 29.9 Å². The summed E-state index contributed by atoms with van der Waals surface area (Å²) in [6.45, 7) is 2.19. The van der Waals surface area contributed by atoms with Crippen LogP contribution in [0.5, 0.6) is 5.75 Å². The van der Waals surface area contributed by atoms with Crippen LogP contribution in [0.2, 0.25) is 0 Å². The van der Waals surface area contributed by atoms with Crippen LogP contribution in [0.25, 0.3) is 0 Å². The molecule has 1 heterocycles. The third kappa shape index (κ3) is 8.76. The molecule has 5 nitrogen and oxygen atoms in total. The lowest BCUT2D eigenvalue weighted by Gasteiger charge is -2.11. The van der Waals surface area contributed by atoms with E-state index in [1.54, 1.807) is 25.4 Å². The molecule has 0 bridgehead atoms. The number of ether oxygens (including phenoxy) is 1. The number of furan rings is 1. The highest BCUT2D eigenvalue weighted by Crippen LogP contribution is 2.11. The van der Waals surface area contributed by atoms with Crippen LogP contribution in [0.4, 0.5) is 4.39 Å². The Hall–Kier alpha value is -1.77. The van der Waals surface area contributed by atoms with Gasteiger partial charge in [-0.2, -0.15) is 0 Å². The van der Waals surface area contributed by atoms with Gasteiger partial charge in [0, 0.05) is 26.6 Å². The van der Waals surface area contributed by atoms with E-state index < -0.39 is 0 Å². The number of unbranched alkanes of at least 4 members (excludes halogenated alkanes) is 1. The van der Waals surface area contributed by atoms with Crippen LogP contribution in [0.1, 0.15) is 18.6 Å². The molecule has 0 saturated carbocycles. The fourth-order valence-electron chi connectivity index (χ4n) is 2.13. The summed E-state index contributed by atoms with van der Waals surface area (Å²) in [6.07, 6.45) is 4.36. The molecule has 0 aliphatic heterocycles. The van der Waals surface area contributed by atoms with Gasteiger partial charge in [-0.3, -0.25) is 4.99 Å². The van der Waals surface area contributed by atoms with Crippen molar-refractivity contribution < 1.29 is 13.5 Å². The van der Waals surface area contributed by atoms with Gasteiger partial charge in [0.25, 0.3) is 0 Å². The Bertz CT molecular complexity index is 603. The van der Waals surface area contributed by atoms with Crippen LogP contribution in [0.15, 0.2) is 52.1 Å². The second-order valence-corrected chi connectivity index (χ2v) is 5.26. The minimum absolute atomic E-state index is 0. The summed E-state index contributed by atoms with van der Waals surface area (Å²) >= 11 is 0. The standard InChI is InChI=1S/C18H24FN3O2.HI/c1-20-18(22-12-10-16-5-4-14-24-16)21-11-2-3-13-23-17-8-6-15(19)7-9-17;/h4-9,14H,2-3,10-13H2,1H3,(H2,20,21,22);1H. The normalized spacial score (nSPS) is 10.9. The molecule has 0 aliphatic carbocycles. The molecule has 7 heteroatoms. The average molecular weight is 461 g/mol. The molecule has 0 radical (unpaired) electrons. The monoisotopic (exact) mass is 461 g/mol. The molecule has 0 spiro atoms. The Kier molecular flexibility index (Phi) is 10.7. The molecule has 0 saturated heterocycles. The average Bonchev–Trinajstić information content (AvgIpc) is 3.11. The number of nitrogens with zero attached hydrogens (tertiary/aromatic N) is 1. The Morgan fingerprint density at radius 1 is 1.12 bits per heavy atom. The summed E-state index contributed by atoms with van der Waals surface area (Å²) in [5.74, 6) is 2.18. The van der Waals surface area contributed by atoms with E-state index in [0.717, 1.165) is 44.1 Å². The SMILES string of the molecule is CN=C(NCCCCOc1ccc(F)cc1)NCCc1ccco1.I. The minimum atomic E-state index is -0.252. The fourth-order valence-corrected chi connectivity index (χ4v) is 2.13. The molecule has 2 rings (SSSR count). The van der Waals surface area contributed by atoms with Crippen LogP contribution in [-0.2, 0) is 6.42 Å². The molecule has 2 N–H and O–H groups in total. The number of nitrogens with one attached hydrogen (secondary N) is 2. The molecule has 1 aromatic heterocycles. The van der Waals surface area contributed by atoms with E-state index in [2.05, 4.69) is 15.6 Å². The van der Waals surface area contributed by atoms with Crippen molar-refractivity contribution in [2.75, 3.05) is 26.7 Å². The lowest BCUT2D eigenvalue weighted by Crippen LogP contribution is -2.38. The summed E-state index contributed by atoms with van der Waals surface area (Å²) in [5, 5.41) is 6.50. The molecular weight excluding hydrogens is 436 g/mol. The summed E-state index contributed by atoms with van der Waals surface area (Å²) in [4.78, 5) is 4.18. The van der Waals surface area contributed by atoms with Crippen molar-refractivity contribution in [3.63, 3.8) is 0 Å². The third-order valence-corrected chi connectivity index (χ3v) is 3.41. The summed E-state index contributed by atoms with van der Waals surface area (Å²) in [5.41, 5.74) is 0. The van der Waals surface area contributed by atoms with Crippen molar-refractivity contribution in [2.45, 2.75) is 19.3 Å². The van der Waals surface area contributed by atoms with E-state index in [-0.39, 0.29) is 29.8 Å². The second-order valence-electron chi connectivity index (χ2n) is 5.26. The van der Waals surface area contributed by atoms with Crippen molar-refractivity contribution in [1.29, 1.82) is 0 Å². The van der Waals surface area contributed by atoms with E-state index in [0.29, 0.717) is 12.4 Å². The van der Waals surface area contributed by atoms with Crippen molar-refractivity contribution in [1.82, 2.24) is 10.6 Å². The van der Waals surface area contributed by atoms with Crippen molar-refractivity contribution in [3.8, 4) is 5.75 Å². The Morgan fingerprint density at radius 2 is 1.88 bits per heavy atom. The highest BCUT2D eigenvalue weighted by atomic mass is 127. The molecule has 2 aromatic rings. The number of halogens is 2. The predicted octanol–water partition coefficient (Wildman–Crippen LogP) is 3.60. The zero-order valence-electron chi connectivity index (χ0n) is 14.3. The number of benzene rings is 1. The Balaban J connectivity index is 0.00000312. The second kappa shape index (κ2) is 12.6. The van der Waals surface area contributed by atoms with Gasteiger partial charge in [-0.15, -0.1) is 24.0 Å². The van der Waals surface area contributed by atoms with Crippen LogP contribution in [0, 0.1) is 5.82 Å². The molecule has 1 aromatic carbocycles. The molecule has 0 atom stereocenters. The van der Waals surface area contributed by atoms with Gasteiger partial charge < -0.3 is 19.8 Å². The molecule has 0 fully saturated rings. The summed E-state index contributed by atoms with van der Waals surface area (Å²) < 4.78 is 23.6. The highest BCUT2D eigenvalue weighted by molar-refractivity contribution is 14.0. The van der Waals surface area contributed by atoms with E-state index in [1.165, 1.54) is 12.1 Å². The first-order valence-electron chi connectivity index (χ1n) is 8.13. The quantitative estimate of drug-likeness (QED) is 0.259. The van der Waals surface area contributed by atoms with Crippen LogP contribution < -0.4 is 15.4 Å². The van der Waals surface area contributed by atoms with Crippen molar-refractivity contribution in [2.24, 2.45) is 4.99 Å². The smallest absolute Gasteiger partial charge is 0.190 e. The minimum Gasteiger partial charge on any atom is -0.494 e. The van der Waals surface area contributed by atoms with Gasteiger partial charge >= 0.3 is 0 Å². The van der Waals surface area contributed by atoms with Gasteiger partial charge in [0.05, 0.1) is 12.9 Å². The molecule has 0 unspecified atom stereocenters. The van der Waals surface area contributed by atoms with Gasteiger partial charge in [-0.25, -0.2) is 4.39 Å². The predicted molar refractivity (Wildman–Crippen MR) is 108 cm³/mol. The number of rotatable bonds is 9. The zero-order chi connectivity index (χ0) is 17.0. The third-order valence-electron chi connectivity index (χ3n) is 3.41. The lowest BCUT2D eigenvalue weighted by molar-refractivity contribution is 0.306. The zero-order valence-corrected chi connectivity index (χ0v) is 16.7. The van der Waals surface area contributed by atoms with Gasteiger partial charge in [-0.1, -0.05) is 0 Å². The molecule has 25 heavy (non-hydrogen) atoms. The molecule has 138 valence electrons. The van der Waals surface area contributed by atoms with Gasteiger partial charge in [0.1, 0.15) is 17.3 Å². The maximum Gasteiger partial charge on any atom is 0.190 e. The first-order valence-corrected chi connectivity index (χ1v) is 8.13. The maximum atomic E-state index is 12.8. The van der Waals surface area contributed by atoms with Crippen molar-refractivity contribution in [3.05, 3.63) is 54.2 Å². The topological polar surface area (TPSA) is 58.8 Å². The first kappa shape index (κ1) is 21.3.